The Morgan fingerprint density at radius 1 is 1.46 bits per heavy atom. The molecule has 26 heavy (non-hydrogen) atoms. The minimum atomic E-state index is -0.427. The van der Waals surface area contributed by atoms with Gasteiger partial charge < -0.3 is 4.90 Å². The average molecular weight is 352 g/mol. The molecule has 0 bridgehead atoms. The Balaban J connectivity index is 1.80. The van der Waals surface area contributed by atoms with Crippen molar-refractivity contribution >= 4 is 11.4 Å². The van der Waals surface area contributed by atoms with Crippen LogP contribution in [-0.2, 0) is 6.42 Å². The molecule has 136 valence electrons. The van der Waals surface area contributed by atoms with E-state index in [1.807, 2.05) is 12.3 Å². The van der Waals surface area contributed by atoms with E-state index in [4.69, 9.17) is 6.57 Å². The van der Waals surface area contributed by atoms with Crippen molar-refractivity contribution in [2.45, 2.75) is 39.3 Å². The number of aromatic nitrogens is 3. The number of piperazine rings is 1. The fraction of sp³-hybridized carbons (Fsp3) is 0.474. The summed E-state index contributed by atoms with van der Waals surface area (Å²) in [5.74, 6) is 0. The normalized spacial score (nSPS) is 19.2. The van der Waals surface area contributed by atoms with Crippen molar-refractivity contribution < 1.29 is 0 Å². The molecule has 1 aliphatic rings. The summed E-state index contributed by atoms with van der Waals surface area (Å²) >= 11 is 0. The van der Waals surface area contributed by atoms with E-state index in [1.54, 1.807) is 6.20 Å². The Bertz CT molecular complexity index is 871. The van der Waals surface area contributed by atoms with Gasteiger partial charge in [-0.05, 0) is 31.9 Å². The molecular formula is C19H24N6O. The van der Waals surface area contributed by atoms with Crippen molar-refractivity contribution in [3.05, 3.63) is 57.6 Å². The molecule has 1 N–H and O–H groups in total. The van der Waals surface area contributed by atoms with Gasteiger partial charge in [0, 0.05) is 43.6 Å². The van der Waals surface area contributed by atoms with Gasteiger partial charge in [0.05, 0.1) is 18.5 Å². The van der Waals surface area contributed by atoms with Crippen LogP contribution < -0.4 is 10.5 Å². The van der Waals surface area contributed by atoms with Gasteiger partial charge >= 0.3 is 0 Å². The lowest BCUT2D eigenvalue weighted by Crippen LogP contribution is -2.52. The number of nitrogens with zero attached hydrogens (tertiary/aromatic N) is 5. The van der Waals surface area contributed by atoms with Gasteiger partial charge in [-0.1, -0.05) is 13.0 Å². The van der Waals surface area contributed by atoms with Crippen LogP contribution in [0.4, 0.5) is 11.4 Å². The van der Waals surface area contributed by atoms with Crippen LogP contribution in [0, 0.1) is 6.57 Å². The smallest absolute Gasteiger partial charge is 0.275 e. The number of hydrogen-bond donors (Lipinski definition) is 1. The molecule has 1 aliphatic heterocycles. The molecule has 3 rings (SSSR count). The monoisotopic (exact) mass is 352 g/mol. The molecule has 1 unspecified atom stereocenters. The lowest BCUT2D eigenvalue weighted by Gasteiger charge is -2.44. The second kappa shape index (κ2) is 7.67. The van der Waals surface area contributed by atoms with Crippen molar-refractivity contribution in [3.63, 3.8) is 0 Å². The van der Waals surface area contributed by atoms with Crippen molar-refractivity contribution in [2.24, 2.45) is 0 Å². The van der Waals surface area contributed by atoms with E-state index < -0.39 is 5.56 Å². The van der Waals surface area contributed by atoms with Crippen LogP contribution in [0.1, 0.15) is 38.1 Å². The van der Waals surface area contributed by atoms with Gasteiger partial charge in [-0.2, -0.15) is 5.10 Å². The third-order valence-corrected chi connectivity index (χ3v) is 5.15. The molecule has 3 heterocycles. The van der Waals surface area contributed by atoms with Crippen LogP contribution in [0.5, 0.6) is 0 Å². The maximum absolute atomic E-state index is 11.9. The summed E-state index contributed by atoms with van der Waals surface area (Å²) in [5.41, 5.74) is 2.73. The maximum atomic E-state index is 11.9. The van der Waals surface area contributed by atoms with Crippen LogP contribution in [0.15, 0.2) is 29.3 Å². The largest absolute Gasteiger partial charge is 0.374 e. The van der Waals surface area contributed by atoms with Gasteiger partial charge in [-0.15, -0.1) is 0 Å². The lowest BCUT2D eigenvalue weighted by molar-refractivity contribution is 0.175. The minimum Gasteiger partial charge on any atom is -0.374 e. The fourth-order valence-electron chi connectivity index (χ4n) is 3.72. The van der Waals surface area contributed by atoms with E-state index in [-0.39, 0.29) is 17.8 Å². The molecule has 2 aromatic heterocycles. The third-order valence-electron chi connectivity index (χ3n) is 5.15. The van der Waals surface area contributed by atoms with Gasteiger partial charge in [0.25, 0.3) is 11.2 Å². The molecular weight excluding hydrogens is 328 g/mol. The van der Waals surface area contributed by atoms with Crippen LogP contribution in [0.3, 0.4) is 0 Å². The summed E-state index contributed by atoms with van der Waals surface area (Å²) in [4.78, 5) is 24.3. The highest BCUT2D eigenvalue weighted by Crippen LogP contribution is 2.30. The fourth-order valence-corrected chi connectivity index (χ4v) is 3.72. The Morgan fingerprint density at radius 2 is 2.27 bits per heavy atom. The Labute approximate surface area is 153 Å². The Kier molecular flexibility index (Phi) is 5.33. The first kappa shape index (κ1) is 18.1. The average Bonchev–Trinajstić information content (AvgIpc) is 2.67. The van der Waals surface area contributed by atoms with E-state index in [0.717, 1.165) is 31.7 Å². The third kappa shape index (κ3) is 3.33. The van der Waals surface area contributed by atoms with E-state index in [0.29, 0.717) is 5.69 Å². The second-order valence-corrected chi connectivity index (χ2v) is 6.65. The SMILES string of the molecule is [C-]#[N+]c1c(N2CCN(C(C)c3cccnc3CC)C[C@H]2C)cn[nH]c1=O. The summed E-state index contributed by atoms with van der Waals surface area (Å²) in [6, 6.07) is 4.61. The first-order valence-electron chi connectivity index (χ1n) is 8.96. The predicted molar refractivity (Wildman–Crippen MR) is 102 cm³/mol. The summed E-state index contributed by atoms with van der Waals surface area (Å²) in [6.07, 6.45) is 4.35. The van der Waals surface area contributed by atoms with Crippen LogP contribution in [-0.4, -0.2) is 45.8 Å². The molecule has 0 amide bonds. The molecule has 1 fully saturated rings. The summed E-state index contributed by atoms with van der Waals surface area (Å²) in [7, 11) is 0. The maximum Gasteiger partial charge on any atom is 0.275 e. The van der Waals surface area contributed by atoms with E-state index in [1.165, 1.54) is 5.56 Å². The Morgan fingerprint density at radius 3 is 2.96 bits per heavy atom. The number of rotatable bonds is 4. The van der Waals surface area contributed by atoms with E-state index in [2.05, 4.69) is 56.7 Å². The first-order valence-corrected chi connectivity index (χ1v) is 8.96. The zero-order chi connectivity index (χ0) is 18.7. The predicted octanol–water partition coefficient (Wildman–Crippen LogP) is 2.55. The molecule has 0 spiro atoms. The Hall–Kier alpha value is -2.72. The molecule has 0 radical (unpaired) electrons. The highest BCUT2D eigenvalue weighted by Gasteiger charge is 2.30. The molecule has 0 aromatic carbocycles. The van der Waals surface area contributed by atoms with Crippen LogP contribution in [0.25, 0.3) is 4.85 Å². The molecule has 0 aliphatic carbocycles. The van der Waals surface area contributed by atoms with Crippen molar-refractivity contribution in [2.75, 3.05) is 24.5 Å². The lowest BCUT2D eigenvalue weighted by atomic mass is 10.0. The number of anilines is 1. The van der Waals surface area contributed by atoms with Gasteiger partial charge in [-0.3, -0.25) is 19.8 Å². The zero-order valence-electron chi connectivity index (χ0n) is 15.4. The van der Waals surface area contributed by atoms with Crippen LogP contribution in [0.2, 0.25) is 0 Å². The molecule has 2 aromatic rings. The van der Waals surface area contributed by atoms with Gasteiger partial charge in [0.2, 0.25) is 0 Å². The van der Waals surface area contributed by atoms with Gasteiger partial charge in [-0.25, -0.2) is 4.85 Å². The van der Waals surface area contributed by atoms with E-state index in [9.17, 15) is 4.79 Å². The number of aromatic amines is 1. The summed E-state index contributed by atoms with van der Waals surface area (Å²) in [6.45, 7) is 16.2. The number of hydrogen-bond acceptors (Lipinski definition) is 5. The summed E-state index contributed by atoms with van der Waals surface area (Å²) < 4.78 is 0. The molecule has 7 heteroatoms. The molecule has 2 atom stereocenters. The van der Waals surface area contributed by atoms with Gasteiger partial charge in [0.1, 0.15) is 0 Å². The topological polar surface area (TPSA) is 69.5 Å². The zero-order valence-corrected chi connectivity index (χ0v) is 15.4. The number of aryl methyl sites for hydroxylation is 1. The van der Waals surface area contributed by atoms with E-state index >= 15 is 0 Å². The van der Waals surface area contributed by atoms with Crippen molar-refractivity contribution in [3.8, 4) is 0 Å². The molecule has 1 saturated heterocycles. The molecule has 0 saturated carbocycles. The minimum absolute atomic E-state index is 0.119. The van der Waals surface area contributed by atoms with Crippen molar-refractivity contribution in [1.82, 2.24) is 20.1 Å². The standard InChI is InChI=1S/C19H24N6O/c1-5-16-15(7-6-8-21-16)14(3)24-9-10-25(13(2)12-24)17-11-22-23-19(26)18(17)20-4/h6-8,11,13-14H,5,9-10,12H2,1-3H3,(H,23,26)/t13-,14?/m1/s1. The summed E-state index contributed by atoms with van der Waals surface area (Å²) in [5, 5.41) is 6.23. The highest BCUT2D eigenvalue weighted by molar-refractivity contribution is 5.69. The van der Waals surface area contributed by atoms with Gasteiger partial charge in [0.15, 0.2) is 0 Å². The first-order chi connectivity index (χ1) is 12.6. The quantitative estimate of drug-likeness (QED) is 0.857. The highest BCUT2D eigenvalue weighted by atomic mass is 16.1. The molecule has 7 nitrogen and oxygen atoms in total. The number of nitrogens with one attached hydrogen (secondary N) is 1. The second-order valence-electron chi connectivity index (χ2n) is 6.65. The van der Waals surface area contributed by atoms with Crippen LogP contribution >= 0.6 is 0 Å². The number of pyridine rings is 1. The number of H-pyrrole nitrogens is 1. The van der Waals surface area contributed by atoms with Crippen molar-refractivity contribution in [1.29, 1.82) is 0 Å².